The summed E-state index contributed by atoms with van der Waals surface area (Å²) in [6.07, 6.45) is 2.95. The molecule has 0 saturated heterocycles. The maximum absolute atomic E-state index is 13.1. The quantitative estimate of drug-likeness (QED) is 0.338. The van der Waals surface area contributed by atoms with Gasteiger partial charge in [-0.15, -0.1) is 0 Å². The highest BCUT2D eigenvalue weighted by Crippen LogP contribution is 2.20. The summed E-state index contributed by atoms with van der Waals surface area (Å²) in [5.41, 5.74) is 3.82. The second-order valence-electron chi connectivity index (χ2n) is 7.30. The number of aryl methyl sites for hydroxylation is 2. The number of nitrogens with zero attached hydrogens (tertiary/aromatic N) is 4. The Kier molecular flexibility index (Phi) is 6.53. The van der Waals surface area contributed by atoms with Gasteiger partial charge in [0.1, 0.15) is 0 Å². The van der Waals surface area contributed by atoms with Crippen LogP contribution >= 0.6 is 23.4 Å². The summed E-state index contributed by atoms with van der Waals surface area (Å²) in [4.78, 5) is 38.5. The molecule has 2 aromatic heterocycles. The summed E-state index contributed by atoms with van der Waals surface area (Å²) < 4.78 is 1.51. The van der Waals surface area contributed by atoms with Crippen molar-refractivity contribution in [3.05, 3.63) is 86.9 Å². The molecule has 7 nitrogen and oxygen atoms in total. The van der Waals surface area contributed by atoms with Gasteiger partial charge >= 0.3 is 0 Å². The van der Waals surface area contributed by atoms with E-state index in [0.717, 1.165) is 22.4 Å². The molecular formula is C23H20ClN5O2S. The van der Waals surface area contributed by atoms with Crippen LogP contribution in [0.25, 0.3) is 11.2 Å². The van der Waals surface area contributed by atoms with Crippen molar-refractivity contribution in [3.63, 3.8) is 0 Å². The van der Waals surface area contributed by atoms with Crippen LogP contribution in [0.5, 0.6) is 0 Å². The smallest absolute Gasteiger partial charge is 0.282 e. The molecule has 0 aliphatic carbocycles. The van der Waals surface area contributed by atoms with Crippen LogP contribution in [-0.4, -0.2) is 31.2 Å². The first-order valence-corrected chi connectivity index (χ1v) is 11.2. The van der Waals surface area contributed by atoms with Gasteiger partial charge in [-0.1, -0.05) is 47.6 Å². The molecule has 2 heterocycles. The largest absolute Gasteiger partial charge is 0.325 e. The van der Waals surface area contributed by atoms with E-state index in [-0.39, 0.29) is 34.9 Å². The monoisotopic (exact) mass is 465 g/mol. The van der Waals surface area contributed by atoms with Gasteiger partial charge in [0.15, 0.2) is 16.3 Å². The lowest BCUT2D eigenvalue weighted by atomic mass is 10.1. The molecule has 162 valence electrons. The number of aromatic nitrogens is 4. The highest BCUT2D eigenvalue weighted by molar-refractivity contribution is 7.99. The third-order valence-electron chi connectivity index (χ3n) is 4.81. The average molecular weight is 466 g/mol. The van der Waals surface area contributed by atoms with Gasteiger partial charge in [0.25, 0.3) is 5.56 Å². The number of fused-ring (bicyclic) bond motifs is 1. The van der Waals surface area contributed by atoms with Crippen molar-refractivity contribution in [1.82, 2.24) is 19.5 Å². The first-order chi connectivity index (χ1) is 15.4. The molecule has 0 bridgehead atoms. The first kappa shape index (κ1) is 22.0. The fraction of sp³-hybridized carbons (Fsp3) is 0.174. The van der Waals surface area contributed by atoms with Gasteiger partial charge in [-0.2, -0.15) is 0 Å². The van der Waals surface area contributed by atoms with Crippen molar-refractivity contribution in [2.45, 2.75) is 25.5 Å². The van der Waals surface area contributed by atoms with Crippen molar-refractivity contribution < 1.29 is 4.79 Å². The minimum Gasteiger partial charge on any atom is -0.325 e. The van der Waals surface area contributed by atoms with E-state index >= 15 is 0 Å². The molecule has 9 heteroatoms. The topological polar surface area (TPSA) is 89.8 Å². The maximum atomic E-state index is 13.1. The van der Waals surface area contributed by atoms with Crippen molar-refractivity contribution in [2.75, 3.05) is 11.1 Å². The molecule has 4 aromatic rings. The van der Waals surface area contributed by atoms with Crippen LogP contribution in [0.1, 0.15) is 16.7 Å². The molecule has 0 radical (unpaired) electrons. The van der Waals surface area contributed by atoms with E-state index in [1.807, 2.05) is 44.2 Å². The summed E-state index contributed by atoms with van der Waals surface area (Å²) in [7, 11) is 0. The van der Waals surface area contributed by atoms with E-state index in [9.17, 15) is 9.59 Å². The van der Waals surface area contributed by atoms with Crippen LogP contribution in [-0.2, 0) is 11.3 Å². The van der Waals surface area contributed by atoms with Gasteiger partial charge in [0.05, 0.1) is 12.3 Å². The van der Waals surface area contributed by atoms with Gasteiger partial charge in [0.2, 0.25) is 5.91 Å². The molecule has 0 saturated carbocycles. The second-order valence-corrected chi connectivity index (χ2v) is 8.67. The third kappa shape index (κ3) is 4.98. The second kappa shape index (κ2) is 9.50. The standard InChI is InChI=1S/C23H20ClN5O2S/c1-14-3-4-15(2)18(11-14)27-19(30)13-32-23-28-21-20(25-9-10-26-21)22(31)29(23)12-16-5-7-17(24)8-6-16/h3-11H,12-13H2,1-2H3,(H,27,30). The highest BCUT2D eigenvalue weighted by atomic mass is 35.5. The Morgan fingerprint density at radius 3 is 2.62 bits per heavy atom. The summed E-state index contributed by atoms with van der Waals surface area (Å²) in [5, 5.41) is 3.94. The molecule has 2 aromatic carbocycles. The summed E-state index contributed by atoms with van der Waals surface area (Å²) >= 11 is 7.16. The number of carbonyl (C=O) groups excluding carboxylic acids is 1. The molecule has 4 rings (SSSR count). The predicted octanol–water partition coefficient (Wildman–Crippen LogP) is 4.24. The zero-order valence-corrected chi connectivity index (χ0v) is 19.1. The van der Waals surface area contributed by atoms with E-state index in [1.54, 1.807) is 12.1 Å². The number of hydrogen-bond acceptors (Lipinski definition) is 6. The maximum Gasteiger partial charge on any atom is 0.282 e. The normalized spacial score (nSPS) is 11.0. The van der Waals surface area contributed by atoms with Crippen molar-refractivity contribution in [2.24, 2.45) is 0 Å². The van der Waals surface area contributed by atoms with Crippen molar-refractivity contribution >= 4 is 46.1 Å². The van der Waals surface area contributed by atoms with Gasteiger partial charge in [-0.3, -0.25) is 14.2 Å². The van der Waals surface area contributed by atoms with Crippen LogP contribution in [0.4, 0.5) is 5.69 Å². The van der Waals surface area contributed by atoms with Crippen LogP contribution < -0.4 is 10.9 Å². The Hall–Kier alpha value is -3.23. The van der Waals surface area contributed by atoms with Crippen molar-refractivity contribution in [3.8, 4) is 0 Å². The van der Waals surface area contributed by atoms with E-state index in [2.05, 4.69) is 20.3 Å². The lowest BCUT2D eigenvalue weighted by Crippen LogP contribution is -2.26. The molecule has 0 atom stereocenters. The SMILES string of the molecule is Cc1ccc(C)c(NC(=O)CSc2nc3nccnc3c(=O)n2Cc2ccc(Cl)cc2)c1. The number of nitrogens with one attached hydrogen (secondary N) is 1. The van der Waals surface area contributed by atoms with E-state index in [0.29, 0.717) is 10.2 Å². The lowest BCUT2D eigenvalue weighted by Gasteiger charge is -2.13. The number of amides is 1. The first-order valence-electron chi connectivity index (χ1n) is 9.86. The Morgan fingerprint density at radius 1 is 1.09 bits per heavy atom. The van der Waals surface area contributed by atoms with Gasteiger partial charge in [-0.05, 0) is 48.7 Å². The van der Waals surface area contributed by atoms with E-state index < -0.39 is 0 Å². The molecule has 0 unspecified atom stereocenters. The van der Waals surface area contributed by atoms with Crippen LogP contribution in [0.2, 0.25) is 5.02 Å². The minimum absolute atomic E-state index is 0.0895. The molecule has 0 aliphatic heterocycles. The zero-order chi connectivity index (χ0) is 22.7. The molecular weight excluding hydrogens is 446 g/mol. The fourth-order valence-corrected chi connectivity index (χ4v) is 4.05. The molecule has 0 spiro atoms. The number of hydrogen-bond donors (Lipinski definition) is 1. The number of halogens is 1. The summed E-state index contributed by atoms with van der Waals surface area (Å²) in [5.74, 6) is -0.0955. The minimum atomic E-state index is -0.310. The van der Waals surface area contributed by atoms with Crippen LogP contribution in [0.15, 0.2) is 64.8 Å². The average Bonchev–Trinajstić information content (AvgIpc) is 2.78. The van der Waals surface area contributed by atoms with Gasteiger partial charge < -0.3 is 5.32 Å². The Bertz CT molecular complexity index is 1360. The third-order valence-corrected chi connectivity index (χ3v) is 6.04. The number of benzene rings is 2. The zero-order valence-electron chi connectivity index (χ0n) is 17.5. The number of anilines is 1. The summed E-state index contributed by atoms with van der Waals surface area (Å²) in [6, 6.07) is 13.1. The van der Waals surface area contributed by atoms with Crippen LogP contribution in [0, 0.1) is 13.8 Å². The fourth-order valence-electron chi connectivity index (χ4n) is 3.14. The van der Waals surface area contributed by atoms with E-state index in [4.69, 9.17) is 11.6 Å². The number of carbonyl (C=O) groups is 1. The molecule has 0 aliphatic rings. The lowest BCUT2D eigenvalue weighted by molar-refractivity contribution is -0.113. The van der Waals surface area contributed by atoms with E-state index in [1.165, 1.54) is 28.7 Å². The van der Waals surface area contributed by atoms with Crippen LogP contribution in [0.3, 0.4) is 0 Å². The van der Waals surface area contributed by atoms with Crippen molar-refractivity contribution in [1.29, 1.82) is 0 Å². The molecule has 1 N–H and O–H groups in total. The summed E-state index contributed by atoms with van der Waals surface area (Å²) in [6.45, 7) is 4.19. The highest BCUT2D eigenvalue weighted by Gasteiger charge is 2.16. The Balaban J connectivity index is 1.61. The van der Waals surface area contributed by atoms with Gasteiger partial charge in [-0.25, -0.2) is 15.0 Å². The number of rotatable bonds is 6. The Morgan fingerprint density at radius 2 is 1.84 bits per heavy atom. The molecule has 1 amide bonds. The number of thioether (sulfide) groups is 1. The molecule has 0 fully saturated rings. The predicted molar refractivity (Wildman–Crippen MR) is 127 cm³/mol. The molecule has 32 heavy (non-hydrogen) atoms. The Labute approximate surface area is 193 Å². The van der Waals surface area contributed by atoms with Gasteiger partial charge in [0, 0.05) is 23.1 Å².